The maximum absolute atomic E-state index is 10.5. The van der Waals surface area contributed by atoms with E-state index in [0.29, 0.717) is 0 Å². The second-order valence-corrected chi connectivity index (χ2v) is 10.0. The molecular weight excluding hydrogens is 224 g/mol. The van der Waals surface area contributed by atoms with Gasteiger partial charge in [-0.15, -0.1) is 0 Å². The first-order valence-corrected chi connectivity index (χ1v) is 8.11. The summed E-state index contributed by atoms with van der Waals surface area (Å²) in [6.45, 7) is 10.8. The summed E-state index contributed by atoms with van der Waals surface area (Å²) >= 11 is 0. The van der Waals surface area contributed by atoms with Crippen LogP contribution in [-0.4, -0.2) is 36.5 Å². The SMILES string of the molecule is CC(C)(C)[Si](C)(C)OCCC(=[N+]=[N-])C(=O)O. The fraction of sp³-hybridized carbons (Fsp3) is 0.800. The first-order valence-electron chi connectivity index (χ1n) is 5.20. The lowest BCUT2D eigenvalue weighted by atomic mass is 10.2. The lowest BCUT2D eigenvalue weighted by molar-refractivity contribution is -0.134. The molecule has 0 heterocycles. The highest BCUT2D eigenvalue weighted by Gasteiger charge is 2.37. The molecule has 0 aromatic rings. The van der Waals surface area contributed by atoms with Gasteiger partial charge in [0.15, 0.2) is 8.32 Å². The van der Waals surface area contributed by atoms with Gasteiger partial charge in [0.05, 0.1) is 6.42 Å². The van der Waals surface area contributed by atoms with Crippen molar-refractivity contribution in [2.45, 2.75) is 45.3 Å². The quantitative estimate of drug-likeness (QED) is 0.348. The molecule has 0 aliphatic rings. The van der Waals surface area contributed by atoms with Crippen molar-refractivity contribution in [3.05, 3.63) is 5.53 Å². The van der Waals surface area contributed by atoms with Crippen LogP contribution < -0.4 is 0 Å². The Hall–Kier alpha value is -0.973. The summed E-state index contributed by atoms with van der Waals surface area (Å²) in [5.41, 5.74) is 8.18. The summed E-state index contributed by atoms with van der Waals surface area (Å²) in [5, 5.41) is 8.72. The van der Waals surface area contributed by atoms with Crippen LogP contribution in [0.3, 0.4) is 0 Å². The summed E-state index contributed by atoms with van der Waals surface area (Å²) in [6, 6.07) is 0. The highest BCUT2D eigenvalue weighted by atomic mass is 28.4. The summed E-state index contributed by atoms with van der Waals surface area (Å²) < 4.78 is 5.76. The third kappa shape index (κ3) is 4.26. The van der Waals surface area contributed by atoms with Gasteiger partial charge in [-0.1, -0.05) is 20.8 Å². The standard InChI is InChI=1S/C10H20N2O3Si/c1-10(2,3)16(4,5)15-7-6-8(12-11)9(13)14/h6-7H2,1-5H3,(H,13,14). The van der Waals surface area contributed by atoms with Crippen LogP contribution in [0, 0.1) is 0 Å². The van der Waals surface area contributed by atoms with Crippen molar-refractivity contribution in [1.82, 2.24) is 0 Å². The maximum Gasteiger partial charge on any atom is 0.414 e. The van der Waals surface area contributed by atoms with Crippen LogP contribution in [0.1, 0.15) is 27.2 Å². The van der Waals surface area contributed by atoms with Crippen molar-refractivity contribution in [2.75, 3.05) is 6.61 Å². The Morgan fingerprint density at radius 2 is 1.94 bits per heavy atom. The molecule has 92 valence electrons. The largest absolute Gasteiger partial charge is 0.473 e. The lowest BCUT2D eigenvalue weighted by Crippen LogP contribution is -2.41. The Kier molecular flexibility index (Phi) is 5.06. The maximum atomic E-state index is 10.5. The molecule has 0 fully saturated rings. The lowest BCUT2D eigenvalue weighted by Gasteiger charge is -2.35. The molecule has 0 bridgehead atoms. The molecule has 16 heavy (non-hydrogen) atoms. The van der Waals surface area contributed by atoms with E-state index >= 15 is 0 Å². The van der Waals surface area contributed by atoms with Crippen molar-refractivity contribution < 1.29 is 19.1 Å². The number of nitrogens with zero attached hydrogens (tertiary/aromatic N) is 2. The molecule has 0 spiro atoms. The number of aliphatic carboxylic acids is 1. The van der Waals surface area contributed by atoms with Gasteiger partial charge in [0.25, 0.3) is 0 Å². The van der Waals surface area contributed by atoms with E-state index < -0.39 is 14.3 Å². The Balaban J connectivity index is 4.29. The van der Waals surface area contributed by atoms with Crippen LogP contribution in [0.5, 0.6) is 0 Å². The molecule has 0 aliphatic carbocycles. The number of carbonyl (C=O) groups is 1. The van der Waals surface area contributed by atoms with E-state index in [1.54, 1.807) is 0 Å². The zero-order valence-corrected chi connectivity index (χ0v) is 11.6. The second kappa shape index (κ2) is 5.38. The summed E-state index contributed by atoms with van der Waals surface area (Å²) in [5.74, 6) is -1.21. The van der Waals surface area contributed by atoms with Gasteiger partial charge in [-0.25, -0.2) is 4.79 Å². The average Bonchev–Trinajstić information content (AvgIpc) is 2.09. The van der Waals surface area contributed by atoms with Crippen LogP contribution in [0.25, 0.3) is 5.53 Å². The van der Waals surface area contributed by atoms with E-state index in [-0.39, 0.29) is 23.8 Å². The van der Waals surface area contributed by atoms with Crippen molar-refractivity contribution in [2.24, 2.45) is 0 Å². The monoisotopic (exact) mass is 244 g/mol. The molecule has 0 atom stereocenters. The van der Waals surface area contributed by atoms with Crippen molar-refractivity contribution >= 4 is 20.0 Å². The molecule has 0 rings (SSSR count). The van der Waals surface area contributed by atoms with Crippen LogP contribution in [0.15, 0.2) is 0 Å². The molecule has 0 unspecified atom stereocenters. The van der Waals surface area contributed by atoms with Crippen molar-refractivity contribution in [3.8, 4) is 0 Å². The third-order valence-electron chi connectivity index (χ3n) is 2.98. The highest BCUT2D eigenvalue weighted by molar-refractivity contribution is 6.74. The molecular formula is C10H20N2O3Si. The van der Waals surface area contributed by atoms with Crippen molar-refractivity contribution in [3.63, 3.8) is 0 Å². The normalized spacial score (nSPS) is 12.1. The minimum Gasteiger partial charge on any atom is -0.473 e. The Bertz CT molecular complexity index is 315. The van der Waals surface area contributed by atoms with E-state index in [9.17, 15) is 4.79 Å². The first kappa shape index (κ1) is 15.0. The fourth-order valence-electron chi connectivity index (χ4n) is 0.819. The van der Waals surface area contributed by atoms with Crippen LogP contribution >= 0.6 is 0 Å². The number of carboxylic acids is 1. The topological polar surface area (TPSA) is 82.9 Å². The van der Waals surface area contributed by atoms with Crippen LogP contribution in [-0.2, 0) is 9.22 Å². The molecule has 6 heteroatoms. The molecule has 0 aliphatic heterocycles. The van der Waals surface area contributed by atoms with E-state index in [4.69, 9.17) is 15.1 Å². The van der Waals surface area contributed by atoms with Gasteiger partial charge in [0, 0.05) is 6.61 Å². The zero-order chi connectivity index (χ0) is 13.0. The molecule has 0 amide bonds. The predicted octanol–water partition coefficient (Wildman–Crippen LogP) is 2.15. The molecule has 1 N–H and O–H groups in total. The Morgan fingerprint density at radius 3 is 2.25 bits per heavy atom. The number of hydrogen-bond acceptors (Lipinski definition) is 2. The average molecular weight is 244 g/mol. The summed E-state index contributed by atoms with van der Waals surface area (Å²) in [4.78, 5) is 13.3. The molecule has 0 saturated heterocycles. The molecule has 0 aromatic carbocycles. The van der Waals surface area contributed by atoms with Gasteiger partial charge in [0.1, 0.15) is 0 Å². The third-order valence-corrected chi connectivity index (χ3v) is 7.51. The van der Waals surface area contributed by atoms with Gasteiger partial charge >= 0.3 is 11.7 Å². The van der Waals surface area contributed by atoms with E-state index in [1.165, 1.54) is 0 Å². The predicted molar refractivity (Wildman–Crippen MR) is 64.0 cm³/mol. The number of rotatable bonds is 5. The molecule has 0 radical (unpaired) electrons. The minimum absolute atomic E-state index is 0.0900. The second-order valence-electron chi connectivity index (χ2n) is 5.21. The van der Waals surface area contributed by atoms with Gasteiger partial charge in [-0.3, -0.25) is 0 Å². The van der Waals surface area contributed by atoms with Crippen LogP contribution in [0.4, 0.5) is 0 Å². The van der Waals surface area contributed by atoms with E-state index in [2.05, 4.69) is 38.7 Å². The molecule has 0 saturated carbocycles. The van der Waals surface area contributed by atoms with Crippen LogP contribution in [0.2, 0.25) is 18.1 Å². The van der Waals surface area contributed by atoms with Gasteiger partial charge < -0.3 is 15.1 Å². The van der Waals surface area contributed by atoms with E-state index in [1.807, 2.05) is 0 Å². The number of carboxylic acid groups (broad SMARTS) is 1. The number of hydrogen-bond donors (Lipinski definition) is 1. The molecule has 5 nitrogen and oxygen atoms in total. The van der Waals surface area contributed by atoms with Gasteiger partial charge in [-0.05, 0) is 18.1 Å². The Morgan fingerprint density at radius 1 is 1.44 bits per heavy atom. The van der Waals surface area contributed by atoms with E-state index in [0.717, 1.165) is 0 Å². The highest BCUT2D eigenvalue weighted by Crippen LogP contribution is 2.36. The minimum atomic E-state index is -1.85. The smallest absolute Gasteiger partial charge is 0.414 e. The van der Waals surface area contributed by atoms with Crippen molar-refractivity contribution in [1.29, 1.82) is 0 Å². The summed E-state index contributed by atoms with van der Waals surface area (Å²) in [7, 11) is -1.85. The Labute approximate surface area is 97.2 Å². The zero-order valence-electron chi connectivity index (χ0n) is 10.6. The molecule has 0 aromatic heterocycles. The van der Waals surface area contributed by atoms with Gasteiger partial charge in [0.2, 0.25) is 0 Å². The fourth-order valence-corrected chi connectivity index (χ4v) is 1.86. The summed E-state index contributed by atoms with van der Waals surface area (Å²) in [6.07, 6.45) is 0.123. The van der Waals surface area contributed by atoms with Gasteiger partial charge in [-0.2, -0.15) is 4.79 Å². The first-order chi connectivity index (χ1) is 7.12.